The van der Waals surface area contributed by atoms with Gasteiger partial charge in [-0.25, -0.2) is 4.39 Å². The number of aliphatic carboxylic acids is 1. The highest BCUT2D eigenvalue weighted by Gasteiger charge is 2.08. The molecule has 1 aromatic rings. The minimum absolute atomic E-state index is 0.105. The summed E-state index contributed by atoms with van der Waals surface area (Å²) in [5, 5.41) is 8.34. The maximum Gasteiger partial charge on any atom is 0.307 e. The molecule has 0 aliphatic rings. The third-order valence-electron chi connectivity index (χ3n) is 1.52. The predicted molar refractivity (Wildman–Crippen MR) is 47.2 cm³/mol. The van der Waals surface area contributed by atoms with Crippen LogP contribution < -0.4 is 5.73 Å². The molecule has 0 heterocycles. The van der Waals surface area contributed by atoms with E-state index in [1.807, 2.05) is 0 Å². The maximum absolute atomic E-state index is 12.8. The first kappa shape index (κ1) is 9.80. The second kappa shape index (κ2) is 3.62. The van der Waals surface area contributed by atoms with Crippen molar-refractivity contribution in [3.63, 3.8) is 0 Å². The standard InChI is InChI=1S/C8H7ClFNO2/c9-5-3-7(11)4(1-6(5)10)2-8(12)13/h1,3H,2,11H2,(H,12,13). The zero-order valence-corrected chi connectivity index (χ0v) is 7.31. The summed E-state index contributed by atoms with van der Waals surface area (Å²) in [5.74, 6) is -1.72. The van der Waals surface area contributed by atoms with Crippen LogP contribution in [0.1, 0.15) is 5.56 Å². The van der Waals surface area contributed by atoms with Gasteiger partial charge in [0.05, 0.1) is 11.4 Å². The summed E-state index contributed by atoms with van der Waals surface area (Å²) < 4.78 is 12.8. The smallest absolute Gasteiger partial charge is 0.307 e. The van der Waals surface area contributed by atoms with Gasteiger partial charge in [0.15, 0.2) is 0 Å². The quantitative estimate of drug-likeness (QED) is 0.719. The number of hydrogen-bond donors (Lipinski definition) is 2. The van der Waals surface area contributed by atoms with Crippen molar-refractivity contribution >= 4 is 23.3 Å². The van der Waals surface area contributed by atoms with Gasteiger partial charge in [-0.2, -0.15) is 0 Å². The molecule has 0 bridgehead atoms. The molecule has 3 nitrogen and oxygen atoms in total. The number of carbonyl (C=O) groups is 1. The van der Waals surface area contributed by atoms with Crippen LogP contribution in [-0.2, 0) is 11.2 Å². The molecule has 1 aromatic carbocycles. The van der Waals surface area contributed by atoms with Crippen LogP contribution in [0.5, 0.6) is 0 Å². The first-order valence-electron chi connectivity index (χ1n) is 3.46. The second-order valence-electron chi connectivity index (χ2n) is 2.54. The van der Waals surface area contributed by atoms with Crippen molar-refractivity contribution in [2.24, 2.45) is 0 Å². The lowest BCUT2D eigenvalue weighted by molar-refractivity contribution is -0.136. The van der Waals surface area contributed by atoms with Crippen LogP contribution in [0.25, 0.3) is 0 Å². The molecule has 0 spiro atoms. The third kappa shape index (κ3) is 2.32. The molecular formula is C8H7ClFNO2. The van der Waals surface area contributed by atoms with Crippen molar-refractivity contribution in [1.29, 1.82) is 0 Å². The molecule has 13 heavy (non-hydrogen) atoms. The monoisotopic (exact) mass is 203 g/mol. The number of rotatable bonds is 2. The summed E-state index contributed by atoms with van der Waals surface area (Å²) >= 11 is 5.42. The zero-order chi connectivity index (χ0) is 10.0. The molecule has 0 aliphatic carbocycles. The number of anilines is 1. The highest BCUT2D eigenvalue weighted by molar-refractivity contribution is 6.31. The van der Waals surface area contributed by atoms with E-state index in [1.54, 1.807) is 0 Å². The van der Waals surface area contributed by atoms with Gasteiger partial charge >= 0.3 is 5.97 Å². The topological polar surface area (TPSA) is 63.3 Å². The molecule has 0 saturated heterocycles. The Balaban J connectivity index is 3.08. The SMILES string of the molecule is Nc1cc(Cl)c(F)cc1CC(=O)O. The van der Waals surface area contributed by atoms with E-state index in [0.717, 1.165) is 6.07 Å². The number of carboxylic acids is 1. The number of nitrogen functional groups attached to an aromatic ring is 1. The van der Waals surface area contributed by atoms with Crippen LogP contribution in [0.4, 0.5) is 10.1 Å². The maximum atomic E-state index is 12.8. The Hall–Kier alpha value is -1.29. The fraction of sp³-hybridized carbons (Fsp3) is 0.125. The molecule has 5 heteroatoms. The molecule has 0 amide bonds. The number of nitrogens with two attached hydrogens (primary N) is 1. The van der Waals surface area contributed by atoms with Crippen molar-refractivity contribution < 1.29 is 14.3 Å². The Kier molecular flexibility index (Phi) is 2.72. The molecule has 0 aromatic heterocycles. The van der Waals surface area contributed by atoms with Gasteiger partial charge in [0.1, 0.15) is 5.82 Å². The van der Waals surface area contributed by atoms with E-state index in [0.29, 0.717) is 0 Å². The Morgan fingerprint density at radius 2 is 2.23 bits per heavy atom. The van der Waals surface area contributed by atoms with E-state index in [4.69, 9.17) is 22.4 Å². The number of halogens is 2. The number of carboxylic acid groups (broad SMARTS) is 1. The Morgan fingerprint density at radius 3 is 2.77 bits per heavy atom. The molecule has 3 N–H and O–H groups in total. The van der Waals surface area contributed by atoms with Crippen LogP contribution in [0.2, 0.25) is 5.02 Å². The molecule has 70 valence electrons. The van der Waals surface area contributed by atoms with E-state index in [-0.39, 0.29) is 22.7 Å². The Morgan fingerprint density at radius 1 is 1.62 bits per heavy atom. The normalized spacial score (nSPS) is 10.0. The summed E-state index contributed by atoms with van der Waals surface area (Å²) in [6, 6.07) is 2.24. The fourth-order valence-corrected chi connectivity index (χ4v) is 1.09. The summed E-state index contributed by atoms with van der Waals surface area (Å²) in [6.45, 7) is 0. The van der Waals surface area contributed by atoms with E-state index in [2.05, 4.69) is 0 Å². The highest BCUT2D eigenvalue weighted by atomic mass is 35.5. The molecule has 0 atom stereocenters. The van der Waals surface area contributed by atoms with Gasteiger partial charge in [-0.05, 0) is 17.7 Å². The van der Waals surface area contributed by atoms with Crippen molar-refractivity contribution in [3.05, 3.63) is 28.5 Å². The minimum Gasteiger partial charge on any atom is -0.481 e. The number of benzene rings is 1. The van der Waals surface area contributed by atoms with Crippen molar-refractivity contribution in [3.8, 4) is 0 Å². The van der Waals surface area contributed by atoms with Gasteiger partial charge in [0.25, 0.3) is 0 Å². The van der Waals surface area contributed by atoms with Crippen LogP contribution in [0.3, 0.4) is 0 Å². The van der Waals surface area contributed by atoms with Crippen LogP contribution in [0.15, 0.2) is 12.1 Å². The molecule has 0 fully saturated rings. The first-order chi connectivity index (χ1) is 6.00. The molecule has 0 radical (unpaired) electrons. The van der Waals surface area contributed by atoms with E-state index < -0.39 is 11.8 Å². The lowest BCUT2D eigenvalue weighted by atomic mass is 10.1. The van der Waals surface area contributed by atoms with Crippen LogP contribution in [0, 0.1) is 5.82 Å². The molecule has 1 rings (SSSR count). The van der Waals surface area contributed by atoms with E-state index in [9.17, 15) is 9.18 Å². The van der Waals surface area contributed by atoms with Gasteiger partial charge in [0.2, 0.25) is 0 Å². The third-order valence-corrected chi connectivity index (χ3v) is 1.81. The van der Waals surface area contributed by atoms with E-state index >= 15 is 0 Å². The van der Waals surface area contributed by atoms with E-state index in [1.165, 1.54) is 6.07 Å². The van der Waals surface area contributed by atoms with Crippen LogP contribution >= 0.6 is 11.6 Å². The van der Waals surface area contributed by atoms with Gasteiger partial charge in [-0.3, -0.25) is 4.79 Å². The summed E-state index contributed by atoms with van der Waals surface area (Å²) in [7, 11) is 0. The Bertz CT molecular complexity index is 354. The lowest BCUT2D eigenvalue weighted by Crippen LogP contribution is -2.04. The minimum atomic E-state index is -1.06. The average molecular weight is 204 g/mol. The summed E-state index contributed by atoms with van der Waals surface area (Å²) in [6.07, 6.45) is -0.306. The van der Waals surface area contributed by atoms with Crippen molar-refractivity contribution in [2.75, 3.05) is 5.73 Å². The van der Waals surface area contributed by atoms with Gasteiger partial charge < -0.3 is 10.8 Å². The molecule has 0 unspecified atom stereocenters. The lowest BCUT2D eigenvalue weighted by Gasteiger charge is -2.03. The fourth-order valence-electron chi connectivity index (χ4n) is 0.919. The molecule has 0 aliphatic heterocycles. The summed E-state index contributed by atoms with van der Waals surface area (Å²) in [4.78, 5) is 10.3. The first-order valence-corrected chi connectivity index (χ1v) is 3.83. The molecular weight excluding hydrogens is 197 g/mol. The summed E-state index contributed by atoms with van der Waals surface area (Å²) in [5.41, 5.74) is 5.84. The molecule has 0 saturated carbocycles. The van der Waals surface area contributed by atoms with Gasteiger partial charge in [-0.1, -0.05) is 11.6 Å². The van der Waals surface area contributed by atoms with Gasteiger partial charge in [-0.15, -0.1) is 0 Å². The largest absolute Gasteiger partial charge is 0.481 e. The average Bonchev–Trinajstić information content (AvgIpc) is 1.99. The van der Waals surface area contributed by atoms with Gasteiger partial charge in [0, 0.05) is 5.69 Å². The van der Waals surface area contributed by atoms with Crippen molar-refractivity contribution in [1.82, 2.24) is 0 Å². The Labute approximate surface area is 78.9 Å². The second-order valence-corrected chi connectivity index (χ2v) is 2.94. The number of hydrogen-bond acceptors (Lipinski definition) is 2. The highest BCUT2D eigenvalue weighted by Crippen LogP contribution is 2.22. The zero-order valence-electron chi connectivity index (χ0n) is 6.55. The van der Waals surface area contributed by atoms with Crippen molar-refractivity contribution in [2.45, 2.75) is 6.42 Å². The van der Waals surface area contributed by atoms with Crippen LogP contribution in [-0.4, -0.2) is 11.1 Å². The predicted octanol–water partition coefficient (Wildman–Crippen LogP) is 1.69.